The summed E-state index contributed by atoms with van der Waals surface area (Å²) in [5.74, 6) is -0.244. The maximum Gasteiger partial charge on any atom is 0.137 e. The molecule has 0 radical (unpaired) electrons. The lowest BCUT2D eigenvalue weighted by Gasteiger charge is -2.03. The van der Waals surface area contributed by atoms with Crippen LogP contribution in [0.3, 0.4) is 0 Å². The number of aromatic nitrogens is 2. The van der Waals surface area contributed by atoms with Crippen LogP contribution in [0.1, 0.15) is 16.8 Å². The molecule has 0 aliphatic heterocycles. The van der Waals surface area contributed by atoms with Gasteiger partial charge in [0.1, 0.15) is 5.82 Å². The highest BCUT2D eigenvalue weighted by Crippen LogP contribution is 2.17. The summed E-state index contributed by atoms with van der Waals surface area (Å²) < 4.78 is 15.5. The van der Waals surface area contributed by atoms with Crippen LogP contribution in [0.2, 0.25) is 0 Å². The van der Waals surface area contributed by atoms with Crippen LogP contribution < -0.4 is 5.32 Å². The van der Waals surface area contributed by atoms with E-state index >= 15 is 0 Å². The first-order chi connectivity index (χ1) is 8.60. The summed E-state index contributed by atoms with van der Waals surface area (Å²) in [7, 11) is 1.91. The molecule has 0 aliphatic carbocycles. The molecule has 3 nitrogen and oxygen atoms in total. The van der Waals surface area contributed by atoms with Crippen LogP contribution in [-0.4, -0.2) is 16.8 Å². The molecule has 0 aliphatic rings. The summed E-state index contributed by atoms with van der Waals surface area (Å²) >= 11 is 3.19. The van der Waals surface area contributed by atoms with E-state index in [1.165, 1.54) is 11.6 Å². The van der Waals surface area contributed by atoms with Gasteiger partial charge in [0.05, 0.1) is 16.7 Å². The van der Waals surface area contributed by atoms with Crippen molar-refractivity contribution in [3.63, 3.8) is 0 Å². The molecule has 1 N–H and O–H groups in total. The minimum absolute atomic E-state index is 0.244. The zero-order chi connectivity index (χ0) is 13.1. The van der Waals surface area contributed by atoms with Crippen molar-refractivity contribution in [3.8, 4) is 0 Å². The van der Waals surface area contributed by atoms with Gasteiger partial charge in [0.15, 0.2) is 0 Å². The fourth-order valence-electron chi connectivity index (χ4n) is 1.83. The zero-order valence-corrected chi connectivity index (χ0v) is 12.0. The minimum atomic E-state index is -0.244. The van der Waals surface area contributed by atoms with Gasteiger partial charge in [0, 0.05) is 18.3 Å². The molecule has 0 saturated carbocycles. The van der Waals surface area contributed by atoms with Gasteiger partial charge in [-0.2, -0.15) is 5.10 Å². The van der Waals surface area contributed by atoms with Crippen LogP contribution >= 0.6 is 15.9 Å². The van der Waals surface area contributed by atoms with Crippen LogP contribution in [0.25, 0.3) is 0 Å². The molecule has 5 heteroatoms. The van der Waals surface area contributed by atoms with Gasteiger partial charge in [-0.3, -0.25) is 4.68 Å². The summed E-state index contributed by atoms with van der Waals surface area (Å²) in [6.45, 7) is 3.44. The maximum absolute atomic E-state index is 13.1. The van der Waals surface area contributed by atoms with Crippen molar-refractivity contribution in [3.05, 3.63) is 51.5 Å². The predicted octanol–water partition coefficient (Wildman–Crippen LogP) is 2.86. The van der Waals surface area contributed by atoms with Gasteiger partial charge in [0.25, 0.3) is 0 Å². The first-order valence-corrected chi connectivity index (χ1v) is 6.51. The SMILES string of the molecule is CNCc1cn(Cc2ccc(F)c(Br)c2)nc1C. The number of nitrogens with zero attached hydrogens (tertiary/aromatic N) is 2. The second-order valence-corrected chi connectivity index (χ2v) is 5.07. The Morgan fingerprint density at radius 2 is 2.22 bits per heavy atom. The van der Waals surface area contributed by atoms with Gasteiger partial charge in [-0.1, -0.05) is 6.07 Å². The van der Waals surface area contributed by atoms with E-state index in [0.717, 1.165) is 17.8 Å². The van der Waals surface area contributed by atoms with Gasteiger partial charge < -0.3 is 5.32 Å². The van der Waals surface area contributed by atoms with Crippen LogP contribution in [0, 0.1) is 12.7 Å². The van der Waals surface area contributed by atoms with Crippen LogP contribution in [0.4, 0.5) is 4.39 Å². The molecular weight excluding hydrogens is 297 g/mol. The second kappa shape index (κ2) is 5.63. The molecule has 0 bridgehead atoms. The normalized spacial score (nSPS) is 10.9. The van der Waals surface area contributed by atoms with Crippen molar-refractivity contribution < 1.29 is 4.39 Å². The fourth-order valence-corrected chi connectivity index (χ4v) is 2.26. The molecule has 0 spiro atoms. The standard InChI is InChI=1S/C13H15BrFN3/c1-9-11(6-16-2)8-18(17-9)7-10-3-4-13(15)12(14)5-10/h3-5,8,16H,6-7H2,1-2H3. The number of hydrogen-bond acceptors (Lipinski definition) is 2. The molecule has 1 aromatic heterocycles. The number of rotatable bonds is 4. The first kappa shape index (κ1) is 13.2. The van der Waals surface area contributed by atoms with Crippen LogP contribution in [-0.2, 0) is 13.1 Å². The zero-order valence-electron chi connectivity index (χ0n) is 10.4. The molecule has 1 aromatic carbocycles. The van der Waals surface area contributed by atoms with E-state index in [1.54, 1.807) is 12.1 Å². The highest BCUT2D eigenvalue weighted by atomic mass is 79.9. The van der Waals surface area contributed by atoms with E-state index in [4.69, 9.17) is 0 Å². The molecule has 0 saturated heterocycles. The smallest absolute Gasteiger partial charge is 0.137 e. The fraction of sp³-hybridized carbons (Fsp3) is 0.308. The lowest BCUT2D eigenvalue weighted by atomic mass is 10.2. The third-order valence-electron chi connectivity index (χ3n) is 2.74. The van der Waals surface area contributed by atoms with Gasteiger partial charge in [0.2, 0.25) is 0 Å². The Balaban J connectivity index is 2.18. The van der Waals surface area contributed by atoms with E-state index in [-0.39, 0.29) is 5.82 Å². The summed E-state index contributed by atoms with van der Waals surface area (Å²) in [6.07, 6.45) is 2.02. The van der Waals surface area contributed by atoms with Gasteiger partial charge in [-0.25, -0.2) is 4.39 Å². The van der Waals surface area contributed by atoms with E-state index in [1.807, 2.05) is 24.9 Å². The lowest BCUT2D eigenvalue weighted by molar-refractivity contribution is 0.617. The third kappa shape index (κ3) is 2.97. The van der Waals surface area contributed by atoms with Crippen molar-refractivity contribution in [2.24, 2.45) is 0 Å². The summed E-state index contributed by atoms with van der Waals surface area (Å²) in [5, 5.41) is 7.55. The van der Waals surface area contributed by atoms with Crippen molar-refractivity contribution in [2.75, 3.05) is 7.05 Å². The van der Waals surface area contributed by atoms with Crippen molar-refractivity contribution in [1.82, 2.24) is 15.1 Å². The molecule has 18 heavy (non-hydrogen) atoms. The summed E-state index contributed by atoms with van der Waals surface area (Å²) in [4.78, 5) is 0. The van der Waals surface area contributed by atoms with Crippen molar-refractivity contribution >= 4 is 15.9 Å². The molecular formula is C13H15BrFN3. The van der Waals surface area contributed by atoms with Gasteiger partial charge >= 0.3 is 0 Å². The Hall–Kier alpha value is -1.20. The van der Waals surface area contributed by atoms with E-state index in [9.17, 15) is 4.39 Å². The number of nitrogens with one attached hydrogen (secondary N) is 1. The lowest BCUT2D eigenvalue weighted by Crippen LogP contribution is -2.05. The molecule has 96 valence electrons. The van der Waals surface area contributed by atoms with Gasteiger partial charge in [-0.05, 0) is 47.6 Å². The summed E-state index contributed by atoms with van der Waals surface area (Å²) in [6, 6.07) is 5.02. The molecule has 0 fully saturated rings. The Labute approximate surface area is 114 Å². The first-order valence-electron chi connectivity index (χ1n) is 5.71. The minimum Gasteiger partial charge on any atom is -0.316 e. The number of aryl methyl sites for hydroxylation is 1. The molecule has 0 atom stereocenters. The van der Waals surface area contributed by atoms with Crippen LogP contribution in [0.5, 0.6) is 0 Å². The van der Waals surface area contributed by atoms with Gasteiger partial charge in [-0.15, -0.1) is 0 Å². The largest absolute Gasteiger partial charge is 0.316 e. The molecule has 0 amide bonds. The molecule has 2 rings (SSSR count). The Morgan fingerprint density at radius 3 is 2.89 bits per heavy atom. The molecule has 0 unspecified atom stereocenters. The quantitative estimate of drug-likeness (QED) is 0.941. The maximum atomic E-state index is 13.1. The summed E-state index contributed by atoms with van der Waals surface area (Å²) in [5.41, 5.74) is 3.21. The molecule has 2 aromatic rings. The predicted molar refractivity (Wildman–Crippen MR) is 72.9 cm³/mol. The topological polar surface area (TPSA) is 29.9 Å². The highest BCUT2D eigenvalue weighted by molar-refractivity contribution is 9.10. The number of benzene rings is 1. The van der Waals surface area contributed by atoms with Crippen molar-refractivity contribution in [2.45, 2.75) is 20.0 Å². The van der Waals surface area contributed by atoms with Crippen LogP contribution in [0.15, 0.2) is 28.9 Å². The van der Waals surface area contributed by atoms with E-state index in [0.29, 0.717) is 11.0 Å². The number of halogens is 2. The van der Waals surface area contributed by atoms with Crippen molar-refractivity contribution in [1.29, 1.82) is 0 Å². The monoisotopic (exact) mass is 311 g/mol. The van der Waals surface area contributed by atoms with E-state index in [2.05, 4.69) is 26.3 Å². The second-order valence-electron chi connectivity index (χ2n) is 4.22. The Morgan fingerprint density at radius 1 is 1.44 bits per heavy atom. The average Bonchev–Trinajstić information content (AvgIpc) is 2.65. The van der Waals surface area contributed by atoms with E-state index < -0.39 is 0 Å². The highest BCUT2D eigenvalue weighted by Gasteiger charge is 2.06. The Bertz CT molecular complexity index is 551. The molecule has 1 heterocycles. The number of hydrogen-bond donors (Lipinski definition) is 1. The third-order valence-corrected chi connectivity index (χ3v) is 3.35. The Kier molecular flexibility index (Phi) is 4.14. The average molecular weight is 312 g/mol.